The maximum atomic E-state index is 10.8. The van der Waals surface area contributed by atoms with E-state index in [2.05, 4.69) is 56.4 Å². The van der Waals surface area contributed by atoms with Gasteiger partial charge in [0.05, 0.1) is 42.0 Å². The molecule has 0 aliphatic carbocycles. The molecule has 8 rings (SSSR count). The minimum Gasteiger partial charge on any atom is -0.504 e. The molecule has 0 saturated heterocycles. The summed E-state index contributed by atoms with van der Waals surface area (Å²) in [5.74, 6) is 4.49. The van der Waals surface area contributed by atoms with Gasteiger partial charge in [-0.05, 0) is 84.6 Å². The Morgan fingerprint density at radius 2 is 1.52 bits per heavy atom. The fourth-order valence-corrected chi connectivity index (χ4v) is 7.46. The van der Waals surface area contributed by atoms with E-state index in [4.69, 9.17) is 23.7 Å². The van der Waals surface area contributed by atoms with Crippen LogP contribution in [0.5, 0.6) is 46.0 Å². The van der Waals surface area contributed by atoms with Gasteiger partial charge >= 0.3 is 0 Å². The van der Waals surface area contributed by atoms with Crippen molar-refractivity contribution < 1.29 is 33.3 Å². The van der Waals surface area contributed by atoms with Gasteiger partial charge < -0.3 is 33.3 Å². The zero-order valence-corrected chi connectivity index (χ0v) is 27.6. The van der Waals surface area contributed by atoms with Crippen molar-refractivity contribution in [3.63, 3.8) is 0 Å². The smallest absolute Gasteiger partial charge is 0.204 e. The van der Waals surface area contributed by atoms with E-state index in [1.165, 1.54) is 16.7 Å². The van der Waals surface area contributed by atoms with E-state index in [0.29, 0.717) is 40.2 Å². The number of aromatic hydroxyl groups is 1. The number of rotatable bonds is 3. The molecule has 1 N–H and O–H groups in total. The average Bonchev–Trinajstić information content (AvgIpc) is 3.05. The van der Waals surface area contributed by atoms with E-state index < -0.39 is 0 Å². The molecule has 0 fully saturated rings. The Morgan fingerprint density at radius 3 is 2.26 bits per heavy atom. The third kappa shape index (κ3) is 5.29. The van der Waals surface area contributed by atoms with Crippen LogP contribution in [0, 0.1) is 0 Å². The second-order valence-electron chi connectivity index (χ2n) is 13.3. The molecule has 8 heteroatoms. The molecule has 4 aliphatic heterocycles. The SMILES string of the molecule is COc1cc2c3cc1Oc1c(OC)c(OC)cc4c1[C@H](Cc1ccc(cc1)Oc1cc(ccc1O)C[C@H]3[N+](C)(C)CC2)N(C)CC4. The van der Waals surface area contributed by atoms with Gasteiger partial charge in [0.2, 0.25) is 5.75 Å². The van der Waals surface area contributed by atoms with Crippen molar-refractivity contribution in [2.45, 2.75) is 37.8 Å². The van der Waals surface area contributed by atoms with Gasteiger partial charge in [0.1, 0.15) is 11.8 Å². The maximum Gasteiger partial charge on any atom is 0.204 e. The molecule has 240 valence electrons. The van der Waals surface area contributed by atoms with E-state index in [0.717, 1.165) is 59.9 Å². The highest BCUT2D eigenvalue weighted by Crippen LogP contribution is 2.52. The third-order valence-electron chi connectivity index (χ3n) is 10.2. The molecule has 0 saturated carbocycles. The van der Waals surface area contributed by atoms with Gasteiger partial charge in [-0.15, -0.1) is 0 Å². The van der Waals surface area contributed by atoms with Crippen LogP contribution in [0.15, 0.2) is 60.7 Å². The van der Waals surface area contributed by atoms with E-state index in [1.54, 1.807) is 27.4 Å². The number of benzene rings is 4. The maximum absolute atomic E-state index is 10.8. The van der Waals surface area contributed by atoms with E-state index in [1.807, 2.05) is 24.3 Å². The number of ether oxygens (including phenoxy) is 5. The second kappa shape index (κ2) is 11.8. The number of hydrogen-bond acceptors (Lipinski definition) is 7. The molecular formula is C38H43N2O6+. The van der Waals surface area contributed by atoms with Gasteiger partial charge in [0.15, 0.2) is 34.5 Å². The summed E-state index contributed by atoms with van der Waals surface area (Å²) in [7, 11) is 11.8. The molecule has 4 aromatic rings. The summed E-state index contributed by atoms with van der Waals surface area (Å²) in [5.41, 5.74) is 7.01. The summed E-state index contributed by atoms with van der Waals surface area (Å²) in [6.07, 6.45) is 3.30. The fourth-order valence-electron chi connectivity index (χ4n) is 7.46. The number of nitrogens with zero attached hydrogens (tertiary/aromatic N) is 2. The molecule has 0 spiro atoms. The van der Waals surface area contributed by atoms with Crippen LogP contribution in [0.2, 0.25) is 0 Å². The Hall–Kier alpha value is -4.40. The monoisotopic (exact) mass is 623 g/mol. The summed E-state index contributed by atoms with van der Waals surface area (Å²) in [5, 5.41) is 10.8. The Morgan fingerprint density at radius 1 is 0.783 bits per heavy atom. The topological polar surface area (TPSA) is 69.6 Å². The molecule has 0 radical (unpaired) electrons. The van der Waals surface area contributed by atoms with Gasteiger partial charge in [-0.1, -0.05) is 18.2 Å². The number of phenolic OH excluding ortho intramolecular Hbond substituents is 1. The van der Waals surface area contributed by atoms with Crippen molar-refractivity contribution in [3.05, 3.63) is 94.0 Å². The molecule has 0 aromatic heterocycles. The number of methoxy groups -OCH3 is 3. The van der Waals surface area contributed by atoms with Gasteiger partial charge in [-0.2, -0.15) is 0 Å². The summed E-state index contributed by atoms with van der Waals surface area (Å²) < 4.78 is 32.0. The van der Waals surface area contributed by atoms with Crippen LogP contribution in [-0.4, -0.2) is 70.1 Å². The zero-order chi connectivity index (χ0) is 32.2. The summed E-state index contributed by atoms with van der Waals surface area (Å²) in [4.78, 5) is 2.38. The number of hydrogen-bond donors (Lipinski definition) is 1. The van der Waals surface area contributed by atoms with Crippen LogP contribution in [0.1, 0.15) is 45.5 Å². The molecule has 4 aliphatic rings. The lowest BCUT2D eigenvalue weighted by Crippen LogP contribution is -2.48. The summed E-state index contributed by atoms with van der Waals surface area (Å²) in [6, 6.07) is 20.4. The minimum absolute atomic E-state index is 0.0249. The molecule has 0 unspecified atom stereocenters. The van der Waals surface area contributed by atoms with Crippen LogP contribution in [0.25, 0.3) is 0 Å². The summed E-state index contributed by atoms with van der Waals surface area (Å²) in [6.45, 7) is 1.89. The first-order chi connectivity index (χ1) is 22.2. The fraction of sp³-hybridized carbons (Fsp3) is 0.368. The van der Waals surface area contributed by atoms with Crippen molar-refractivity contribution in [1.82, 2.24) is 4.90 Å². The van der Waals surface area contributed by atoms with E-state index in [9.17, 15) is 5.11 Å². The first-order valence-corrected chi connectivity index (χ1v) is 16.0. The lowest BCUT2D eigenvalue weighted by Gasteiger charge is -2.43. The first-order valence-electron chi connectivity index (χ1n) is 16.0. The van der Waals surface area contributed by atoms with Crippen LogP contribution in [-0.2, 0) is 25.7 Å². The van der Waals surface area contributed by atoms with E-state index in [-0.39, 0.29) is 17.8 Å². The highest BCUT2D eigenvalue weighted by atomic mass is 16.5. The van der Waals surface area contributed by atoms with Crippen LogP contribution >= 0.6 is 0 Å². The van der Waals surface area contributed by atoms with Crippen LogP contribution in [0.3, 0.4) is 0 Å². The summed E-state index contributed by atoms with van der Waals surface area (Å²) >= 11 is 0. The Balaban J connectivity index is 1.47. The van der Waals surface area contributed by atoms with Crippen molar-refractivity contribution in [2.24, 2.45) is 0 Å². The first kappa shape index (κ1) is 30.3. The predicted molar refractivity (Wildman–Crippen MR) is 177 cm³/mol. The molecule has 0 amide bonds. The molecule has 46 heavy (non-hydrogen) atoms. The largest absolute Gasteiger partial charge is 0.504 e. The van der Waals surface area contributed by atoms with Gasteiger partial charge in [-0.25, -0.2) is 0 Å². The number of quaternary nitrogens is 1. The number of phenols is 1. The van der Waals surface area contributed by atoms with Crippen molar-refractivity contribution in [3.8, 4) is 46.0 Å². The van der Waals surface area contributed by atoms with Gasteiger partial charge in [0, 0.05) is 36.6 Å². The average molecular weight is 624 g/mol. The lowest BCUT2D eigenvalue weighted by atomic mass is 9.86. The molecule has 6 bridgehead atoms. The van der Waals surface area contributed by atoms with E-state index >= 15 is 0 Å². The Labute approximate surface area is 271 Å². The Bertz CT molecular complexity index is 1780. The van der Waals surface area contributed by atoms with Crippen molar-refractivity contribution in [2.75, 3.05) is 55.6 Å². The minimum atomic E-state index is 0.0249. The molecule has 4 heterocycles. The molecule has 8 nitrogen and oxygen atoms in total. The highest BCUT2D eigenvalue weighted by molar-refractivity contribution is 5.63. The van der Waals surface area contributed by atoms with Gasteiger partial charge in [-0.3, -0.25) is 4.90 Å². The standard InChI is InChI=1S/C38H42N2O6/c1-39-15-13-26-21-35(43-5)37(44-6)38-36(26)29(39)17-23-7-10-27(11-8-23)45-32-19-24(9-12-31(32)41)18-30-28-22-34(46-38)33(42-4)20-25(28)14-16-40(30,2)3/h7-12,19-22,29-30H,13-18H2,1-6H3/p+1/t29-,30+/m0/s1. The van der Waals surface area contributed by atoms with Crippen molar-refractivity contribution >= 4 is 0 Å². The molecule has 2 atom stereocenters. The predicted octanol–water partition coefficient (Wildman–Crippen LogP) is 7.00. The molecular weight excluding hydrogens is 580 g/mol. The normalized spacial score (nSPS) is 20.0. The second-order valence-corrected chi connectivity index (χ2v) is 13.3. The number of likely N-dealkylation sites (N-methyl/N-ethyl adjacent to an activating group) is 2. The third-order valence-corrected chi connectivity index (χ3v) is 10.2. The van der Waals surface area contributed by atoms with Crippen LogP contribution in [0.4, 0.5) is 0 Å². The number of fused-ring (bicyclic) bond motifs is 2. The molecule has 4 aromatic carbocycles. The zero-order valence-electron chi connectivity index (χ0n) is 27.6. The van der Waals surface area contributed by atoms with Crippen molar-refractivity contribution in [1.29, 1.82) is 0 Å². The quantitative estimate of drug-likeness (QED) is 0.247. The lowest BCUT2D eigenvalue weighted by molar-refractivity contribution is -0.923. The van der Waals surface area contributed by atoms with Crippen LogP contribution < -0.4 is 23.7 Å². The van der Waals surface area contributed by atoms with Gasteiger partial charge in [0.25, 0.3) is 0 Å². The Kier molecular flexibility index (Phi) is 7.73. The highest BCUT2D eigenvalue weighted by Gasteiger charge is 2.38.